The maximum Gasteiger partial charge on any atom is 0.127 e. The van der Waals surface area contributed by atoms with E-state index in [0.717, 1.165) is 26.1 Å². The Kier molecular flexibility index (Phi) is 4.29. The highest BCUT2D eigenvalue weighted by molar-refractivity contribution is 6.30. The lowest BCUT2D eigenvalue weighted by molar-refractivity contribution is 0.201. The Morgan fingerprint density at radius 2 is 2.05 bits per heavy atom. The van der Waals surface area contributed by atoms with Crippen molar-refractivity contribution in [2.24, 2.45) is 0 Å². The molecule has 0 atom stereocenters. The van der Waals surface area contributed by atoms with Crippen molar-refractivity contribution in [3.05, 3.63) is 34.6 Å². The molecule has 2 nitrogen and oxygen atoms in total. The van der Waals surface area contributed by atoms with Crippen molar-refractivity contribution >= 4 is 11.6 Å². The van der Waals surface area contributed by atoms with Gasteiger partial charge in [-0.25, -0.2) is 4.39 Å². The third-order valence-electron chi connectivity index (χ3n) is 4.64. The van der Waals surface area contributed by atoms with Gasteiger partial charge < -0.3 is 5.32 Å². The second kappa shape index (κ2) is 6.00. The van der Waals surface area contributed by atoms with Crippen molar-refractivity contribution < 1.29 is 4.39 Å². The van der Waals surface area contributed by atoms with Crippen LogP contribution in [-0.2, 0) is 6.54 Å². The standard InChI is InChI=1S/C16H22ClFN2/c17-14-4-5-15(18)13(10-14)11-20-9-3-8-19-16(12-20)6-1-2-7-16/h4-5,10,19H,1-3,6-9,11-12H2. The highest BCUT2D eigenvalue weighted by Gasteiger charge is 2.36. The molecule has 1 spiro atoms. The fourth-order valence-electron chi connectivity index (χ4n) is 3.65. The topological polar surface area (TPSA) is 15.3 Å². The molecule has 1 aliphatic carbocycles. The lowest BCUT2D eigenvalue weighted by atomic mass is 9.97. The summed E-state index contributed by atoms with van der Waals surface area (Å²) in [6, 6.07) is 4.85. The highest BCUT2D eigenvalue weighted by Crippen LogP contribution is 2.32. The van der Waals surface area contributed by atoms with Gasteiger partial charge in [-0.05, 0) is 50.6 Å². The second-order valence-corrected chi connectivity index (χ2v) is 6.65. The molecule has 1 saturated carbocycles. The van der Waals surface area contributed by atoms with Gasteiger partial charge in [-0.15, -0.1) is 0 Å². The molecular weight excluding hydrogens is 275 g/mol. The van der Waals surface area contributed by atoms with Crippen molar-refractivity contribution in [2.45, 2.75) is 44.2 Å². The molecule has 110 valence electrons. The van der Waals surface area contributed by atoms with Gasteiger partial charge in [0.1, 0.15) is 5.82 Å². The molecule has 0 aromatic heterocycles. The molecule has 2 aliphatic rings. The van der Waals surface area contributed by atoms with Crippen LogP contribution in [0.3, 0.4) is 0 Å². The van der Waals surface area contributed by atoms with Gasteiger partial charge in [-0.3, -0.25) is 4.90 Å². The Labute approximate surface area is 125 Å². The maximum atomic E-state index is 13.9. The van der Waals surface area contributed by atoms with Crippen LogP contribution in [0.15, 0.2) is 18.2 Å². The van der Waals surface area contributed by atoms with E-state index in [1.54, 1.807) is 12.1 Å². The maximum absolute atomic E-state index is 13.9. The van der Waals surface area contributed by atoms with Crippen molar-refractivity contribution in [3.63, 3.8) is 0 Å². The Morgan fingerprint density at radius 3 is 2.85 bits per heavy atom. The quantitative estimate of drug-likeness (QED) is 0.897. The van der Waals surface area contributed by atoms with Gasteiger partial charge in [0.15, 0.2) is 0 Å². The number of hydrogen-bond donors (Lipinski definition) is 1. The molecule has 1 aliphatic heterocycles. The predicted molar refractivity (Wildman–Crippen MR) is 80.5 cm³/mol. The smallest absolute Gasteiger partial charge is 0.127 e. The van der Waals surface area contributed by atoms with Gasteiger partial charge in [0.25, 0.3) is 0 Å². The fraction of sp³-hybridized carbons (Fsp3) is 0.625. The third-order valence-corrected chi connectivity index (χ3v) is 4.87. The number of rotatable bonds is 2. The molecule has 0 radical (unpaired) electrons. The van der Waals surface area contributed by atoms with E-state index in [0.29, 0.717) is 17.1 Å². The van der Waals surface area contributed by atoms with Crippen LogP contribution >= 0.6 is 11.6 Å². The Balaban J connectivity index is 1.73. The van der Waals surface area contributed by atoms with Crippen LogP contribution in [-0.4, -0.2) is 30.1 Å². The summed E-state index contributed by atoms with van der Waals surface area (Å²) >= 11 is 5.99. The minimum Gasteiger partial charge on any atom is -0.310 e. The summed E-state index contributed by atoms with van der Waals surface area (Å²) in [4.78, 5) is 2.39. The summed E-state index contributed by atoms with van der Waals surface area (Å²) < 4.78 is 13.9. The van der Waals surface area contributed by atoms with Gasteiger partial charge in [0.2, 0.25) is 0 Å². The summed E-state index contributed by atoms with van der Waals surface area (Å²) in [5, 5.41) is 4.35. The minimum atomic E-state index is -0.146. The van der Waals surface area contributed by atoms with E-state index >= 15 is 0 Å². The average molecular weight is 297 g/mol. The summed E-state index contributed by atoms with van der Waals surface area (Å²) in [6.07, 6.45) is 6.26. The number of halogens is 2. The first-order valence-electron chi connectivity index (χ1n) is 7.58. The fourth-order valence-corrected chi connectivity index (χ4v) is 3.84. The molecule has 2 fully saturated rings. The molecule has 1 N–H and O–H groups in total. The monoisotopic (exact) mass is 296 g/mol. The Bertz CT molecular complexity index is 472. The molecule has 1 saturated heterocycles. The first kappa shape index (κ1) is 14.3. The van der Waals surface area contributed by atoms with Crippen molar-refractivity contribution in [1.82, 2.24) is 10.2 Å². The zero-order valence-electron chi connectivity index (χ0n) is 11.8. The largest absolute Gasteiger partial charge is 0.310 e. The first-order valence-corrected chi connectivity index (χ1v) is 7.96. The average Bonchev–Trinajstić information content (AvgIpc) is 2.77. The lowest BCUT2D eigenvalue weighted by Gasteiger charge is -2.33. The van der Waals surface area contributed by atoms with Crippen LogP contribution in [0.25, 0.3) is 0 Å². The molecular formula is C16H22ClFN2. The van der Waals surface area contributed by atoms with Crippen molar-refractivity contribution in [3.8, 4) is 0 Å². The molecule has 3 rings (SSSR count). The number of hydrogen-bond acceptors (Lipinski definition) is 2. The van der Waals surface area contributed by atoms with Gasteiger partial charge in [-0.2, -0.15) is 0 Å². The molecule has 1 aromatic carbocycles. The third kappa shape index (κ3) is 3.16. The van der Waals surface area contributed by atoms with Gasteiger partial charge in [-0.1, -0.05) is 24.4 Å². The minimum absolute atomic E-state index is 0.146. The van der Waals surface area contributed by atoms with E-state index in [1.165, 1.54) is 31.7 Å². The predicted octanol–water partition coefficient (Wildman–Crippen LogP) is 3.59. The first-order chi connectivity index (χ1) is 9.67. The molecule has 1 aromatic rings. The number of nitrogens with zero attached hydrogens (tertiary/aromatic N) is 1. The van der Waals surface area contributed by atoms with Crippen LogP contribution in [0.2, 0.25) is 5.02 Å². The summed E-state index contributed by atoms with van der Waals surface area (Å²) in [7, 11) is 0. The SMILES string of the molecule is Fc1ccc(Cl)cc1CN1CCCNC2(CCCC2)C1. The zero-order valence-corrected chi connectivity index (χ0v) is 12.6. The highest BCUT2D eigenvalue weighted by atomic mass is 35.5. The van der Waals surface area contributed by atoms with E-state index in [1.807, 2.05) is 0 Å². The van der Waals surface area contributed by atoms with E-state index in [2.05, 4.69) is 10.2 Å². The molecule has 4 heteroatoms. The normalized spacial score (nSPS) is 23.1. The Morgan fingerprint density at radius 1 is 1.25 bits per heavy atom. The van der Waals surface area contributed by atoms with E-state index in [-0.39, 0.29) is 11.4 Å². The summed E-state index contributed by atoms with van der Waals surface area (Å²) in [6.45, 7) is 3.80. The van der Waals surface area contributed by atoms with Gasteiger partial charge in [0, 0.05) is 29.2 Å². The molecule has 20 heavy (non-hydrogen) atoms. The molecule has 0 amide bonds. The second-order valence-electron chi connectivity index (χ2n) is 6.21. The number of nitrogens with one attached hydrogen (secondary N) is 1. The van der Waals surface area contributed by atoms with Gasteiger partial charge in [0.05, 0.1) is 0 Å². The van der Waals surface area contributed by atoms with Crippen LogP contribution in [0.4, 0.5) is 4.39 Å². The number of benzene rings is 1. The van der Waals surface area contributed by atoms with Crippen LogP contribution in [0.5, 0.6) is 0 Å². The Hall–Kier alpha value is -0.640. The summed E-state index contributed by atoms with van der Waals surface area (Å²) in [5.41, 5.74) is 0.985. The van der Waals surface area contributed by atoms with E-state index < -0.39 is 0 Å². The zero-order chi connectivity index (χ0) is 14.0. The van der Waals surface area contributed by atoms with E-state index in [4.69, 9.17) is 11.6 Å². The van der Waals surface area contributed by atoms with E-state index in [9.17, 15) is 4.39 Å². The molecule has 0 bridgehead atoms. The van der Waals surface area contributed by atoms with Gasteiger partial charge >= 0.3 is 0 Å². The summed E-state index contributed by atoms with van der Waals surface area (Å²) in [5.74, 6) is -0.146. The van der Waals surface area contributed by atoms with Crippen LogP contribution < -0.4 is 5.32 Å². The molecule has 0 unspecified atom stereocenters. The van der Waals surface area contributed by atoms with Crippen molar-refractivity contribution in [1.29, 1.82) is 0 Å². The lowest BCUT2D eigenvalue weighted by Crippen LogP contribution is -2.49. The molecule has 1 heterocycles. The van der Waals surface area contributed by atoms with Crippen molar-refractivity contribution in [2.75, 3.05) is 19.6 Å². The van der Waals surface area contributed by atoms with Crippen LogP contribution in [0, 0.1) is 5.82 Å². The van der Waals surface area contributed by atoms with Crippen LogP contribution in [0.1, 0.15) is 37.7 Å².